The van der Waals surface area contributed by atoms with Crippen molar-refractivity contribution in [3.63, 3.8) is 0 Å². The normalized spacial score (nSPS) is 17.8. The summed E-state index contributed by atoms with van der Waals surface area (Å²) in [5, 5.41) is 6.42. The molecule has 1 aromatic rings. The second kappa shape index (κ2) is 9.39. The number of nitrogens with zero attached hydrogens (tertiary/aromatic N) is 2. The Hall–Kier alpha value is -2.57. The maximum absolute atomic E-state index is 11.8. The lowest BCUT2D eigenvalue weighted by atomic mass is 10.1. The SMILES string of the molecule is CN=C(NCCN1C(=O)CCCC1=O)NCc1ccccc1OCC1CC1. The number of amides is 2. The highest BCUT2D eigenvalue weighted by atomic mass is 16.5. The molecule has 146 valence electrons. The number of guanidine groups is 1. The van der Waals surface area contributed by atoms with Gasteiger partial charge in [0, 0.05) is 45.1 Å². The van der Waals surface area contributed by atoms with E-state index in [1.54, 1.807) is 7.05 Å². The van der Waals surface area contributed by atoms with Crippen LogP contribution >= 0.6 is 0 Å². The smallest absolute Gasteiger partial charge is 0.229 e. The minimum Gasteiger partial charge on any atom is -0.493 e. The van der Waals surface area contributed by atoms with Gasteiger partial charge in [-0.05, 0) is 31.2 Å². The van der Waals surface area contributed by atoms with Gasteiger partial charge in [0.1, 0.15) is 5.75 Å². The predicted octanol–water partition coefficient (Wildman–Crippen LogP) is 1.68. The van der Waals surface area contributed by atoms with E-state index >= 15 is 0 Å². The first kappa shape index (κ1) is 19.2. The van der Waals surface area contributed by atoms with Gasteiger partial charge in [-0.15, -0.1) is 0 Å². The summed E-state index contributed by atoms with van der Waals surface area (Å²) >= 11 is 0. The monoisotopic (exact) mass is 372 g/mol. The Bertz CT molecular complexity index is 684. The number of hydrogen-bond acceptors (Lipinski definition) is 4. The van der Waals surface area contributed by atoms with Gasteiger partial charge < -0.3 is 15.4 Å². The number of piperidine rings is 1. The third-order valence-corrected chi connectivity index (χ3v) is 4.83. The fraction of sp³-hybridized carbons (Fsp3) is 0.550. The van der Waals surface area contributed by atoms with Crippen molar-refractivity contribution in [2.45, 2.75) is 38.6 Å². The van der Waals surface area contributed by atoms with E-state index in [0.717, 1.165) is 17.9 Å². The number of para-hydroxylation sites is 1. The Morgan fingerprint density at radius 3 is 2.63 bits per heavy atom. The number of imide groups is 1. The van der Waals surface area contributed by atoms with Crippen LogP contribution in [-0.4, -0.2) is 49.4 Å². The maximum atomic E-state index is 11.8. The Morgan fingerprint density at radius 1 is 1.19 bits per heavy atom. The molecule has 2 fully saturated rings. The third kappa shape index (κ3) is 5.70. The average molecular weight is 372 g/mol. The van der Waals surface area contributed by atoms with Crippen LogP contribution in [0, 0.1) is 5.92 Å². The van der Waals surface area contributed by atoms with E-state index in [4.69, 9.17) is 4.74 Å². The molecule has 0 atom stereocenters. The van der Waals surface area contributed by atoms with Crippen LogP contribution in [0.1, 0.15) is 37.7 Å². The first-order valence-electron chi connectivity index (χ1n) is 9.66. The van der Waals surface area contributed by atoms with Crippen molar-refractivity contribution in [1.82, 2.24) is 15.5 Å². The fourth-order valence-corrected chi connectivity index (χ4v) is 3.02. The molecule has 2 N–H and O–H groups in total. The van der Waals surface area contributed by atoms with Crippen LogP contribution in [-0.2, 0) is 16.1 Å². The van der Waals surface area contributed by atoms with Gasteiger partial charge in [-0.2, -0.15) is 0 Å². The van der Waals surface area contributed by atoms with E-state index < -0.39 is 0 Å². The Labute approximate surface area is 160 Å². The summed E-state index contributed by atoms with van der Waals surface area (Å²) in [4.78, 5) is 29.2. The van der Waals surface area contributed by atoms with Gasteiger partial charge >= 0.3 is 0 Å². The summed E-state index contributed by atoms with van der Waals surface area (Å²) in [6.45, 7) is 2.19. The molecule has 0 unspecified atom stereocenters. The van der Waals surface area contributed by atoms with Gasteiger partial charge in [-0.3, -0.25) is 19.5 Å². The number of nitrogens with one attached hydrogen (secondary N) is 2. The van der Waals surface area contributed by atoms with Crippen LogP contribution in [0.3, 0.4) is 0 Å². The molecule has 2 amide bonds. The molecule has 0 aromatic heterocycles. The summed E-state index contributed by atoms with van der Waals surface area (Å²) in [5.41, 5.74) is 1.07. The van der Waals surface area contributed by atoms with Gasteiger partial charge in [0.05, 0.1) is 6.61 Å². The van der Waals surface area contributed by atoms with Crippen LogP contribution in [0.25, 0.3) is 0 Å². The Kier molecular flexibility index (Phi) is 6.68. The van der Waals surface area contributed by atoms with Crippen molar-refractivity contribution in [2.24, 2.45) is 10.9 Å². The van der Waals surface area contributed by atoms with Crippen LogP contribution in [0.4, 0.5) is 0 Å². The van der Waals surface area contributed by atoms with Crippen LogP contribution in [0.2, 0.25) is 0 Å². The fourth-order valence-electron chi connectivity index (χ4n) is 3.02. The van der Waals surface area contributed by atoms with Gasteiger partial charge in [-0.1, -0.05) is 18.2 Å². The number of likely N-dealkylation sites (tertiary alicyclic amines) is 1. The lowest BCUT2D eigenvalue weighted by Gasteiger charge is -2.25. The quantitative estimate of drug-likeness (QED) is 0.412. The Morgan fingerprint density at radius 2 is 1.93 bits per heavy atom. The van der Waals surface area contributed by atoms with E-state index in [1.165, 1.54) is 17.7 Å². The summed E-state index contributed by atoms with van der Waals surface area (Å²) in [7, 11) is 1.70. The second-order valence-electron chi connectivity index (χ2n) is 7.01. The van der Waals surface area contributed by atoms with Crippen LogP contribution in [0.5, 0.6) is 5.75 Å². The summed E-state index contributed by atoms with van der Waals surface area (Å²) < 4.78 is 5.93. The summed E-state index contributed by atoms with van der Waals surface area (Å²) in [5.74, 6) is 2.07. The van der Waals surface area contributed by atoms with Crippen LogP contribution < -0.4 is 15.4 Å². The minimum absolute atomic E-state index is 0.0854. The van der Waals surface area contributed by atoms with Crippen molar-refractivity contribution in [1.29, 1.82) is 0 Å². The van der Waals surface area contributed by atoms with Gasteiger partial charge in [-0.25, -0.2) is 0 Å². The largest absolute Gasteiger partial charge is 0.493 e. The molecular weight excluding hydrogens is 344 g/mol. The number of hydrogen-bond donors (Lipinski definition) is 2. The third-order valence-electron chi connectivity index (χ3n) is 4.83. The molecular formula is C20H28N4O3. The van der Waals surface area contributed by atoms with E-state index in [0.29, 0.717) is 50.8 Å². The molecule has 2 aliphatic rings. The summed E-state index contributed by atoms with van der Waals surface area (Å²) in [6.07, 6.45) is 4.09. The summed E-state index contributed by atoms with van der Waals surface area (Å²) in [6, 6.07) is 7.99. The molecule has 7 heteroatoms. The lowest BCUT2D eigenvalue weighted by Crippen LogP contribution is -2.46. The number of benzene rings is 1. The van der Waals surface area contributed by atoms with Gasteiger partial charge in [0.15, 0.2) is 5.96 Å². The molecule has 0 spiro atoms. The second-order valence-corrected chi connectivity index (χ2v) is 7.01. The molecule has 1 aliphatic carbocycles. The predicted molar refractivity (Wildman–Crippen MR) is 103 cm³/mol. The van der Waals surface area contributed by atoms with E-state index in [2.05, 4.69) is 15.6 Å². The maximum Gasteiger partial charge on any atom is 0.229 e. The number of carbonyl (C=O) groups is 2. The van der Waals surface area contributed by atoms with Crippen LogP contribution in [0.15, 0.2) is 29.3 Å². The molecule has 1 heterocycles. The Balaban J connectivity index is 1.45. The molecule has 3 rings (SSSR count). The first-order valence-corrected chi connectivity index (χ1v) is 9.66. The number of aliphatic imine (C=N–C) groups is 1. The molecule has 0 radical (unpaired) electrons. The van der Waals surface area contributed by atoms with Crippen molar-refractivity contribution >= 4 is 17.8 Å². The topological polar surface area (TPSA) is 83.0 Å². The highest BCUT2D eigenvalue weighted by Crippen LogP contribution is 2.30. The number of carbonyl (C=O) groups excluding carboxylic acids is 2. The van der Waals surface area contributed by atoms with Crippen molar-refractivity contribution in [3.05, 3.63) is 29.8 Å². The lowest BCUT2D eigenvalue weighted by molar-refractivity contribution is -0.147. The zero-order chi connectivity index (χ0) is 19.1. The molecule has 7 nitrogen and oxygen atoms in total. The van der Waals surface area contributed by atoms with Crippen molar-refractivity contribution in [3.8, 4) is 5.75 Å². The van der Waals surface area contributed by atoms with E-state index in [-0.39, 0.29) is 11.8 Å². The first-order chi connectivity index (χ1) is 13.2. The molecule has 0 bridgehead atoms. The number of rotatable bonds is 8. The highest BCUT2D eigenvalue weighted by molar-refractivity contribution is 5.97. The van der Waals surface area contributed by atoms with Crippen molar-refractivity contribution in [2.75, 3.05) is 26.7 Å². The van der Waals surface area contributed by atoms with E-state index in [9.17, 15) is 9.59 Å². The molecule has 1 saturated carbocycles. The van der Waals surface area contributed by atoms with E-state index in [1.807, 2.05) is 24.3 Å². The van der Waals surface area contributed by atoms with Gasteiger partial charge in [0.25, 0.3) is 0 Å². The standard InChI is InChI=1S/C20H28N4O3/c1-21-20(22-11-12-24-18(25)7-4-8-19(24)26)23-13-16-5-2-3-6-17(16)27-14-15-9-10-15/h2-3,5-6,15H,4,7-14H2,1H3,(H2,21,22,23). The van der Waals surface area contributed by atoms with Gasteiger partial charge in [0.2, 0.25) is 11.8 Å². The zero-order valence-corrected chi connectivity index (χ0v) is 15.9. The van der Waals surface area contributed by atoms with Crippen molar-refractivity contribution < 1.29 is 14.3 Å². The average Bonchev–Trinajstić information content (AvgIpc) is 3.50. The number of ether oxygens (including phenoxy) is 1. The molecule has 1 aliphatic heterocycles. The highest BCUT2D eigenvalue weighted by Gasteiger charge is 2.25. The molecule has 1 aromatic carbocycles. The zero-order valence-electron chi connectivity index (χ0n) is 15.9. The molecule has 1 saturated heterocycles. The molecule has 27 heavy (non-hydrogen) atoms. The minimum atomic E-state index is -0.0854.